The second-order valence-electron chi connectivity index (χ2n) is 5.69. The molecule has 2 aliphatic rings. The molecule has 0 radical (unpaired) electrons. The molecule has 0 aromatic carbocycles. The van der Waals surface area contributed by atoms with Crippen molar-refractivity contribution >= 4 is 45.5 Å². The molecule has 0 aliphatic carbocycles. The van der Waals surface area contributed by atoms with Crippen LogP contribution in [0.15, 0.2) is 22.2 Å². The van der Waals surface area contributed by atoms with Crippen molar-refractivity contribution in [1.29, 1.82) is 5.41 Å². The summed E-state index contributed by atoms with van der Waals surface area (Å²) in [5.74, 6) is -3.98. The van der Waals surface area contributed by atoms with E-state index in [1.807, 2.05) is 0 Å². The molecule has 29 heavy (non-hydrogen) atoms. The molecule has 2 unspecified atom stereocenters. The minimum atomic E-state index is -5.17. The Labute approximate surface area is 169 Å². The van der Waals surface area contributed by atoms with Gasteiger partial charge in [0, 0.05) is 34.7 Å². The van der Waals surface area contributed by atoms with Crippen molar-refractivity contribution in [2.24, 2.45) is 0 Å². The largest absolute Gasteiger partial charge is 0.474 e. The number of amides is 1. The van der Waals surface area contributed by atoms with E-state index in [2.05, 4.69) is 10.9 Å². The lowest BCUT2D eigenvalue weighted by Crippen LogP contribution is -2.46. The van der Waals surface area contributed by atoms with E-state index < -0.39 is 44.4 Å². The summed E-state index contributed by atoms with van der Waals surface area (Å²) in [6.07, 6.45) is -10.1. The maximum absolute atomic E-state index is 12.8. The molecule has 0 saturated carbocycles. The summed E-state index contributed by atoms with van der Waals surface area (Å²) in [4.78, 5) is 11.2. The number of sulfone groups is 1. The second kappa shape index (κ2) is 7.82. The number of carbonyl (C=O) groups is 1. The molecule has 0 saturated heterocycles. The van der Waals surface area contributed by atoms with Crippen LogP contribution in [0.1, 0.15) is 13.8 Å². The second-order valence-corrected chi connectivity index (χ2v) is 9.91. The predicted octanol–water partition coefficient (Wildman–Crippen LogP) is 2.43. The lowest BCUT2D eigenvalue weighted by atomic mass is 10.4. The Balaban J connectivity index is 2.07. The van der Waals surface area contributed by atoms with Crippen LogP contribution in [0.5, 0.6) is 0 Å². The molecule has 1 amide bonds. The van der Waals surface area contributed by atoms with Gasteiger partial charge in [0.25, 0.3) is 0 Å². The average Bonchev–Trinajstić information content (AvgIpc) is 3.26. The average molecular weight is 485 g/mol. The standard InChI is InChI=1S/C12H13F6N5O3S3/c1-5(7-3-27-22(20-7)9(19)11(13,14)15)29(25,26)6(2)8-4-28-23(21-8)10(24)12(16,17)18/h3-6,19-21H,1-2H3. The highest BCUT2D eigenvalue weighted by atomic mass is 32.2. The van der Waals surface area contributed by atoms with Crippen molar-refractivity contribution in [3.05, 3.63) is 22.2 Å². The third kappa shape index (κ3) is 4.88. The fraction of sp³-hybridized carbons (Fsp3) is 0.500. The summed E-state index contributed by atoms with van der Waals surface area (Å²) in [5.41, 5.74) is 3.89. The number of nitrogens with zero attached hydrogens (tertiary/aromatic N) is 2. The fourth-order valence-electron chi connectivity index (χ4n) is 2.03. The fourth-order valence-corrected chi connectivity index (χ4v) is 5.44. The molecule has 17 heteroatoms. The molecule has 3 N–H and O–H groups in total. The van der Waals surface area contributed by atoms with Gasteiger partial charge in [-0.3, -0.25) is 21.1 Å². The molecule has 2 aliphatic heterocycles. The van der Waals surface area contributed by atoms with Gasteiger partial charge in [0.15, 0.2) is 9.84 Å². The SMILES string of the molecule is CC(C1=CSN(C(=N)C(F)(F)F)N1)S(=O)(=O)C(C)C1=CSN(C(=O)C(F)(F)F)N1. The Morgan fingerprint density at radius 2 is 1.38 bits per heavy atom. The molecular weight excluding hydrogens is 472 g/mol. The van der Waals surface area contributed by atoms with Gasteiger partial charge in [-0.1, -0.05) is 0 Å². The van der Waals surface area contributed by atoms with Gasteiger partial charge in [-0.05, 0) is 13.8 Å². The van der Waals surface area contributed by atoms with Crippen LogP contribution in [0.3, 0.4) is 0 Å². The molecule has 2 heterocycles. The van der Waals surface area contributed by atoms with Crippen LogP contribution in [-0.2, 0) is 14.6 Å². The minimum absolute atomic E-state index is 0.126. The Hall–Kier alpha value is -1.75. The first-order chi connectivity index (χ1) is 13.1. The van der Waals surface area contributed by atoms with E-state index in [4.69, 9.17) is 5.41 Å². The van der Waals surface area contributed by atoms with Crippen LogP contribution in [0, 0.1) is 5.41 Å². The maximum atomic E-state index is 12.8. The van der Waals surface area contributed by atoms with Crippen molar-refractivity contribution in [3.8, 4) is 0 Å². The molecule has 0 bridgehead atoms. The molecule has 164 valence electrons. The van der Waals surface area contributed by atoms with Crippen LogP contribution < -0.4 is 10.9 Å². The van der Waals surface area contributed by atoms with Gasteiger partial charge in [0.05, 0.1) is 11.4 Å². The zero-order chi connectivity index (χ0) is 22.4. The maximum Gasteiger partial charge on any atom is 0.474 e. The van der Waals surface area contributed by atoms with Crippen LogP contribution in [0.2, 0.25) is 0 Å². The normalized spacial score (nSPS) is 19.9. The van der Waals surface area contributed by atoms with Gasteiger partial charge in [-0.15, -0.1) is 0 Å². The molecule has 8 nitrogen and oxygen atoms in total. The van der Waals surface area contributed by atoms with E-state index in [1.54, 1.807) is 0 Å². The number of halogens is 6. The number of alkyl halides is 6. The number of carbonyl (C=O) groups excluding carboxylic acids is 1. The van der Waals surface area contributed by atoms with Crippen molar-refractivity contribution in [1.82, 2.24) is 19.7 Å². The lowest BCUT2D eigenvalue weighted by Gasteiger charge is -2.25. The third-order valence-corrected chi connectivity index (χ3v) is 7.94. The first-order valence-electron chi connectivity index (χ1n) is 7.43. The first-order valence-corrected chi connectivity index (χ1v) is 10.7. The van der Waals surface area contributed by atoms with E-state index in [0.29, 0.717) is 28.3 Å². The van der Waals surface area contributed by atoms with E-state index in [1.165, 1.54) is 6.92 Å². The number of nitrogens with one attached hydrogen (secondary N) is 3. The van der Waals surface area contributed by atoms with Crippen molar-refractivity contribution in [3.63, 3.8) is 0 Å². The number of rotatable bonds is 4. The topological polar surface area (TPSA) is 106 Å². The Morgan fingerprint density at radius 3 is 1.79 bits per heavy atom. The Kier molecular flexibility index (Phi) is 6.35. The Bertz CT molecular complexity index is 805. The summed E-state index contributed by atoms with van der Waals surface area (Å²) in [6, 6.07) is 0. The number of hydrogen-bond acceptors (Lipinski definition) is 8. The predicted molar refractivity (Wildman–Crippen MR) is 94.0 cm³/mol. The minimum Gasteiger partial charge on any atom is -0.289 e. The lowest BCUT2D eigenvalue weighted by molar-refractivity contribution is -0.181. The van der Waals surface area contributed by atoms with Crippen molar-refractivity contribution < 1.29 is 39.6 Å². The van der Waals surface area contributed by atoms with Gasteiger partial charge in [0.1, 0.15) is 10.5 Å². The zero-order valence-corrected chi connectivity index (χ0v) is 16.9. The monoisotopic (exact) mass is 485 g/mol. The zero-order valence-electron chi connectivity index (χ0n) is 14.4. The van der Waals surface area contributed by atoms with Gasteiger partial charge in [0.2, 0.25) is 5.84 Å². The van der Waals surface area contributed by atoms with E-state index in [-0.39, 0.29) is 15.8 Å². The summed E-state index contributed by atoms with van der Waals surface area (Å²) >= 11 is 0.731. The quantitative estimate of drug-likeness (QED) is 0.241. The smallest absolute Gasteiger partial charge is 0.289 e. The molecule has 2 atom stereocenters. The highest BCUT2D eigenvalue weighted by molar-refractivity contribution is 8.01. The first kappa shape index (κ1) is 23.5. The number of hydrazine groups is 2. The van der Waals surface area contributed by atoms with E-state index in [0.717, 1.165) is 17.7 Å². The molecule has 0 aromatic heterocycles. The van der Waals surface area contributed by atoms with Crippen molar-refractivity contribution in [2.75, 3.05) is 0 Å². The molecule has 0 spiro atoms. The third-order valence-electron chi connectivity index (χ3n) is 3.79. The molecular formula is C12H13F6N5O3S3. The molecule has 0 fully saturated rings. The number of amidine groups is 1. The summed E-state index contributed by atoms with van der Waals surface area (Å²) < 4.78 is 101. The number of hydrogen-bond donors (Lipinski definition) is 3. The summed E-state index contributed by atoms with van der Waals surface area (Å²) in [7, 11) is -4.16. The molecule has 2 rings (SSSR count). The van der Waals surface area contributed by atoms with Gasteiger partial charge < -0.3 is 0 Å². The Morgan fingerprint density at radius 1 is 0.966 bits per heavy atom. The van der Waals surface area contributed by atoms with E-state index in [9.17, 15) is 39.6 Å². The van der Waals surface area contributed by atoms with E-state index >= 15 is 0 Å². The van der Waals surface area contributed by atoms with Crippen LogP contribution in [0.4, 0.5) is 26.3 Å². The van der Waals surface area contributed by atoms with Crippen LogP contribution in [-0.4, -0.2) is 51.8 Å². The molecule has 0 aromatic rings. The van der Waals surface area contributed by atoms with Crippen molar-refractivity contribution in [2.45, 2.75) is 36.7 Å². The highest BCUT2D eigenvalue weighted by Gasteiger charge is 2.46. The highest BCUT2D eigenvalue weighted by Crippen LogP contribution is 2.33. The van der Waals surface area contributed by atoms with Gasteiger partial charge >= 0.3 is 18.3 Å². The van der Waals surface area contributed by atoms with Gasteiger partial charge in [-0.25, -0.2) is 12.8 Å². The summed E-state index contributed by atoms with van der Waals surface area (Å²) in [6.45, 7) is 2.33. The van der Waals surface area contributed by atoms with Gasteiger partial charge in [-0.2, -0.15) is 30.8 Å². The van der Waals surface area contributed by atoms with Crippen LogP contribution >= 0.6 is 23.9 Å². The van der Waals surface area contributed by atoms with Crippen LogP contribution in [0.25, 0.3) is 0 Å². The summed E-state index contributed by atoms with van der Waals surface area (Å²) in [5, 5.41) is 6.37.